The molecule has 1 aromatic carbocycles. The van der Waals surface area contributed by atoms with Crippen molar-refractivity contribution in [3.63, 3.8) is 0 Å². The monoisotopic (exact) mass is 274 g/mol. The van der Waals surface area contributed by atoms with E-state index in [4.69, 9.17) is 9.84 Å². The Labute approximate surface area is 119 Å². The molecule has 2 aromatic rings. The average molecular weight is 274 g/mol. The minimum absolute atomic E-state index is 0.183. The van der Waals surface area contributed by atoms with Gasteiger partial charge in [0.05, 0.1) is 17.6 Å². The Balaban J connectivity index is 2.35. The van der Waals surface area contributed by atoms with Gasteiger partial charge in [-0.15, -0.1) is 6.58 Å². The van der Waals surface area contributed by atoms with Crippen molar-refractivity contribution < 1.29 is 9.84 Å². The molecule has 4 nitrogen and oxygen atoms in total. The van der Waals surface area contributed by atoms with Gasteiger partial charge in [0, 0.05) is 25.6 Å². The van der Waals surface area contributed by atoms with Gasteiger partial charge in [-0.1, -0.05) is 13.0 Å². The SMILES string of the molecule is C=CCn1c(CCCO)nc2cc(OCCC)ccc21. The first kappa shape index (κ1) is 14.6. The second-order valence-corrected chi connectivity index (χ2v) is 4.75. The van der Waals surface area contributed by atoms with Gasteiger partial charge in [-0.05, 0) is 25.0 Å². The van der Waals surface area contributed by atoms with Gasteiger partial charge < -0.3 is 14.4 Å². The fourth-order valence-corrected chi connectivity index (χ4v) is 2.23. The van der Waals surface area contributed by atoms with Gasteiger partial charge in [0.2, 0.25) is 0 Å². The molecule has 0 amide bonds. The van der Waals surface area contributed by atoms with Crippen LogP contribution in [0.15, 0.2) is 30.9 Å². The number of allylic oxidation sites excluding steroid dienone is 1. The number of aliphatic hydroxyl groups excluding tert-OH is 1. The maximum atomic E-state index is 8.99. The molecule has 0 unspecified atom stereocenters. The van der Waals surface area contributed by atoms with Gasteiger partial charge in [0.1, 0.15) is 11.6 Å². The highest BCUT2D eigenvalue weighted by molar-refractivity contribution is 5.78. The lowest BCUT2D eigenvalue weighted by atomic mass is 10.3. The number of nitrogens with zero attached hydrogens (tertiary/aromatic N) is 2. The minimum Gasteiger partial charge on any atom is -0.494 e. The van der Waals surface area contributed by atoms with Crippen LogP contribution in [-0.4, -0.2) is 27.9 Å². The highest BCUT2D eigenvalue weighted by Gasteiger charge is 2.10. The summed E-state index contributed by atoms with van der Waals surface area (Å²) in [6, 6.07) is 6.00. The van der Waals surface area contributed by atoms with Crippen LogP contribution in [0.4, 0.5) is 0 Å². The number of rotatable bonds is 8. The van der Waals surface area contributed by atoms with Crippen molar-refractivity contribution in [1.82, 2.24) is 9.55 Å². The van der Waals surface area contributed by atoms with E-state index in [9.17, 15) is 0 Å². The molecule has 1 N–H and O–H groups in total. The van der Waals surface area contributed by atoms with Crippen molar-refractivity contribution in [2.45, 2.75) is 32.7 Å². The second kappa shape index (κ2) is 7.10. The fourth-order valence-electron chi connectivity index (χ4n) is 2.23. The molecule has 0 bridgehead atoms. The van der Waals surface area contributed by atoms with Gasteiger partial charge in [0.15, 0.2) is 0 Å². The van der Waals surface area contributed by atoms with Crippen LogP contribution in [0, 0.1) is 0 Å². The van der Waals surface area contributed by atoms with Crippen LogP contribution in [0.3, 0.4) is 0 Å². The van der Waals surface area contributed by atoms with E-state index >= 15 is 0 Å². The fraction of sp³-hybridized carbons (Fsp3) is 0.438. The zero-order valence-corrected chi connectivity index (χ0v) is 12.0. The van der Waals surface area contributed by atoms with E-state index in [1.807, 2.05) is 24.3 Å². The molecular formula is C16H22N2O2. The molecule has 20 heavy (non-hydrogen) atoms. The first-order valence-corrected chi connectivity index (χ1v) is 7.13. The summed E-state index contributed by atoms with van der Waals surface area (Å²) < 4.78 is 7.78. The summed E-state index contributed by atoms with van der Waals surface area (Å²) in [4.78, 5) is 4.66. The summed E-state index contributed by atoms with van der Waals surface area (Å²) >= 11 is 0. The molecule has 108 valence electrons. The predicted octanol–water partition coefficient (Wildman–Crippen LogP) is 2.94. The lowest BCUT2D eigenvalue weighted by Gasteiger charge is -2.06. The molecule has 4 heteroatoms. The molecule has 2 rings (SSSR count). The number of ether oxygens (including phenoxy) is 1. The van der Waals surface area contributed by atoms with Crippen LogP contribution in [0.5, 0.6) is 5.75 Å². The van der Waals surface area contributed by atoms with E-state index in [2.05, 4.69) is 23.1 Å². The van der Waals surface area contributed by atoms with E-state index in [1.165, 1.54) is 0 Å². The molecule has 0 spiro atoms. The van der Waals surface area contributed by atoms with Crippen LogP contribution < -0.4 is 4.74 Å². The average Bonchev–Trinajstić information content (AvgIpc) is 2.80. The highest BCUT2D eigenvalue weighted by atomic mass is 16.5. The normalized spacial score (nSPS) is 10.9. The van der Waals surface area contributed by atoms with Crippen molar-refractivity contribution in [2.24, 2.45) is 0 Å². The molecule has 0 aliphatic rings. The zero-order valence-electron chi connectivity index (χ0n) is 12.0. The van der Waals surface area contributed by atoms with Crippen molar-refractivity contribution in [1.29, 1.82) is 0 Å². The predicted molar refractivity (Wildman–Crippen MR) is 81.1 cm³/mol. The molecule has 0 aliphatic carbocycles. The molecule has 0 atom stereocenters. The maximum Gasteiger partial charge on any atom is 0.121 e. The number of fused-ring (bicyclic) bond motifs is 1. The van der Waals surface area contributed by atoms with Crippen LogP contribution in [0.1, 0.15) is 25.6 Å². The van der Waals surface area contributed by atoms with Crippen LogP contribution in [-0.2, 0) is 13.0 Å². The van der Waals surface area contributed by atoms with E-state index in [0.717, 1.165) is 55.0 Å². The van der Waals surface area contributed by atoms with E-state index in [1.54, 1.807) is 0 Å². The van der Waals surface area contributed by atoms with Crippen molar-refractivity contribution >= 4 is 11.0 Å². The lowest BCUT2D eigenvalue weighted by Crippen LogP contribution is -2.03. The molecule has 0 fully saturated rings. The van der Waals surface area contributed by atoms with Gasteiger partial charge in [-0.2, -0.15) is 0 Å². The zero-order chi connectivity index (χ0) is 14.4. The molecule has 1 heterocycles. The Morgan fingerprint density at radius 3 is 3.00 bits per heavy atom. The number of hydrogen-bond donors (Lipinski definition) is 1. The van der Waals surface area contributed by atoms with Gasteiger partial charge >= 0.3 is 0 Å². The Kier molecular flexibility index (Phi) is 5.18. The number of aryl methyl sites for hydroxylation is 1. The third kappa shape index (κ3) is 3.20. The molecule has 0 aliphatic heterocycles. The number of benzene rings is 1. The largest absolute Gasteiger partial charge is 0.494 e. The first-order valence-electron chi connectivity index (χ1n) is 7.13. The topological polar surface area (TPSA) is 47.3 Å². The summed E-state index contributed by atoms with van der Waals surface area (Å²) in [7, 11) is 0. The van der Waals surface area contributed by atoms with E-state index < -0.39 is 0 Å². The summed E-state index contributed by atoms with van der Waals surface area (Å²) in [6.07, 6.45) is 4.35. The third-order valence-electron chi connectivity index (χ3n) is 3.14. The molecule has 0 saturated heterocycles. The second-order valence-electron chi connectivity index (χ2n) is 4.75. The van der Waals surface area contributed by atoms with E-state index in [-0.39, 0.29) is 6.61 Å². The smallest absolute Gasteiger partial charge is 0.121 e. The Morgan fingerprint density at radius 1 is 1.45 bits per heavy atom. The maximum absolute atomic E-state index is 8.99. The molecule has 0 radical (unpaired) electrons. The lowest BCUT2D eigenvalue weighted by molar-refractivity contribution is 0.287. The van der Waals surface area contributed by atoms with Gasteiger partial charge in [-0.25, -0.2) is 4.98 Å². The summed E-state index contributed by atoms with van der Waals surface area (Å²) in [6.45, 7) is 7.52. The summed E-state index contributed by atoms with van der Waals surface area (Å²) in [5.74, 6) is 1.85. The quantitative estimate of drug-likeness (QED) is 0.753. The third-order valence-corrected chi connectivity index (χ3v) is 3.14. The molecule has 0 saturated carbocycles. The van der Waals surface area contributed by atoms with Gasteiger partial charge in [-0.3, -0.25) is 0 Å². The van der Waals surface area contributed by atoms with Crippen molar-refractivity contribution in [3.8, 4) is 5.75 Å². The summed E-state index contributed by atoms with van der Waals surface area (Å²) in [5.41, 5.74) is 2.02. The number of hydrogen-bond acceptors (Lipinski definition) is 3. The number of aliphatic hydroxyl groups is 1. The number of aromatic nitrogens is 2. The standard InChI is InChI=1S/C16H22N2O2/c1-3-9-18-15-8-7-13(20-11-4-2)12-14(15)17-16(18)6-5-10-19/h3,7-8,12,19H,1,4-6,9-11H2,2H3. The molecule has 1 aromatic heterocycles. The highest BCUT2D eigenvalue weighted by Crippen LogP contribution is 2.23. The van der Waals surface area contributed by atoms with Crippen LogP contribution >= 0.6 is 0 Å². The Bertz CT molecular complexity index is 575. The van der Waals surface area contributed by atoms with Crippen LogP contribution in [0.2, 0.25) is 0 Å². The number of imidazole rings is 1. The van der Waals surface area contributed by atoms with Crippen molar-refractivity contribution in [3.05, 3.63) is 36.7 Å². The first-order chi connectivity index (χ1) is 9.80. The van der Waals surface area contributed by atoms with Gasteiger partial charge in [0.25, 0.3) is 0 Å². The minimum atomic E-state index is 0.183. The van der Waals surface area contributed by atoms with Crippen molar-refractivity contribution in [2.75, 3.05) is 13.2 Å². The summed E-state index contributed by atoms with van der Waals surface area (Å²) in [5, 5.41) is 8.99. The Hall–Kier alpha value is -1.81. The molecular weight excluding hydrogens is 252 g/mol. The van der Waals surface area contributed by atoms with Crippen LogP contribution in [0.25, 0.3) is 11.0 Å². The van der Waals surface area contributed by atoms with E-state index in [0.29, 0.717) is 0 Å². The Morgan fingerprint density at radius 2 is 2.30 bits per heavy atom.